The number of hydrogen-bond acceptors (Lipinski definition) is 4. The number of rotatable bonds is 1. The van der Waals surface area contributed by atoms with Gasteiger partial charge in [-0.3, -0.25) is 13.9 Å². The van der Waals surface area contributed by atoms with Crippen molar-refractivity contribution in [3.05, 3.63) is 29.8 Å². The van der Waals surface area contributed by atoms with Crippen LogP contribution < -0.4 is 5.73 Å². The zero-order valence-electron chi connectivity index (χ0n) is 9.37. The van der Waals surface area contributed by atoms with Gasteiger partial charge in [-0.25, -0.2) is 0 Å². The van der Waals surface area contributed by atoms with Crippen LogP contribution in [0.5, 0.6) is 0 Å². The topological polar surface area (TPSA) is 86.8 Å². The summed E-state index contributed by atoms with van der Waals surface area (Å²) in [4.78, 5) is 13.7. The summed E-state index contributed by atoms with van der Waals surface area (Å²) in [7, 11) is -2.45. The predicted molar refractivity (Wildman–Crippen MR) is 69.3 cm³/mol. The molecule has 1 aromatic rings. The number of hydrogen-bond donors (Lipinski definition) is 3. The molecule has 0 unspecified atom stereocenters. The van der Waals surface area contributed by atoms with E-state index < -0.39 is 10.6 Å². The highest BCUT2D eigenvalue weighted by molar-refractivity contribution is 8.24. The second kappa shape index (κ2) is 4.56. The lowest BCUT2D eigenvalue weighted by atomic mass is 10.2. The van der Waals surface area contributed by atoms with Gasteiger partial charge in [0.2, 0.25) is 0 Å². The molecule has 0 spiro atoms. The molecule has 1 saturated heterocycles. The van der Waals surface area contributed by atoms with E-state index in [0.717, 1.165) is 0 Å². The normalized spacial score (nSPS) is 20.9. The number of amides is 1. The van der Waals surface area contributed by atoms with Crippen molar-refractivity contribution in [1.82, 2.24) is 4.90 Å². The molecular formula is C11H16N2O3S. The van der Waals surface area contributed by atoms with E-state index in [9.17, 15) is 13.9 Å². The van der Waals surface area contributed by atoms with Crippen molar-refractivity contribution in [3.63, 3.8) is 0 Å². The Balaban J connectivity index is 2.04. The van der Waals surface area contributed by atoms with Crippen molar-refractivity contribution in [2.45, 2.75) is 0 Å². The highest BCUT2D eigenvalue weighted by Crippen LogP contribution is 2.40. The third kappa shape index (κ3) is 2.91. The average Bonchev–Trinajstić information content (AvgIpc) is 2.29. The summed E-state index contributed by atoms with van der Waals surface area (Å²) in [5.74, 6) is 0.460. The lowest BCUT2D eigenvalue weighted by molar-refractivity contribution is 0.0768. The number of benzene rings is 1. The summed E-state index contributed by atoms with van der Waals surface area (Å²) in [6, 6.07) is 6.74. The Hall–Kier alpha value is -1.24. The van der Waals surface area contributed by atoms with Gasteiger partial charge in [0.25, 0.3) is 5.91 Å². The summed E-state index contributed by atoms with van der Waals surface area (Å²) in [6.07, 6.45) is 0. The molecule has 0 bridgehead atoms. The van der Waals surface area contributed by atoms with Crippen LogP contribution in [0.3, 0.4) is 0 Å². The van der Waals surface area contributed by atoms with Gasteiger partial charge in [0.15, 0.2) is 0 Å². The van der Waals surface area contributed by atoms with Crippen molar-refractivity contribution in [3.8, 4) is 0 Å². The van der Waals surface area contributed by atoms with Gasteiger partial charge in [-0.15, -0.1) is 0 Å². The van der Waals surface area contributed by atoms with Crippen LogP contribution in [0.4, 0.5) is 5.69 Å². The van der Waals surface area contributed by atoms with E-state index >= 15 is 0 Å². The minimum absolute atomic E-state index is 0.0834. The Labute approximate surface area is 102 Å². The van der Waals surface area contributed by atoms with Crippen molar-refractivity contribution < 1.29 is 13.9 Å². The third-order valence-corrected chi connectivity index (χ3v) is 4.49. The Bertz CT molecular complexity index is 409. The van der Waals surface area contributed by atoms with Crippen LogP contribution in [0, 0.1) is 0 Å². The molecule has 17 heavy (non-hydrogen) atoms. The standard InChI is InChI=1S/C11H16N2O3S/c12-10-3-1-9(2-4-10)11(14)13-5-7-17(15,16)8-6-13/h1-4,15-16H,5-8,12H2. The largest absolute Gasteiger partial charge is 0.399 e. The SMILES string of the molecule is Nc1ccc(C(=O)N2CCS(O)(O)CC2)cc1. The fraction of sp³-hybridized carbons (Fsp3) is 0.364. The molecule has 1 aliphatic rings. The number of carbonyl (C=O) groups excluding carboxylic acids is 1. The van der Waals surface area contributed by atoms with E-state index in [1.54, 1.807) is 29.2 Å². The highest BCUT2D eigenvalue weighted by Gasteiger charge is 2.25. The summed E-state index contributed by atoms with van der Waals surface area (Å²) in [5.41, 5.74) is 6.75. The molecular weight excluding hydrogens is 240 g/mol. The smallest absolute Gasteiger partial charge is 0.253 e. The lowest BCUT2D eigenvalue weighted by Gasteiger charge is -2.40. The Kier molecular flexibility index (Phi) is 3.28. The van der Waals surface area contributed by atoms with Crippen LogP contribution >= 0.6 is 10.6 Å². The van der Waals surface area contributed by atoms with Gasteiger partial charge in [0.1, 0.15) is 0 Å². The molecule has 1 aliphatic heterocycles. The molecule has 2 rings (SSSR count). The van der Waals surface area contributed by atoms with Crippen molar-refractivity contribution in [2.75, 3.05) is 30.3 Å². The molecule has 4 N–H and O–H groups in total. The molecule has 0 radical (unpaired) electrons. The van der Waals surface area contributed by atoms with E-state index in [2.05, 4.69) is 0 Å². The number of nitrogen functional groups attached to an aromatic ring is 1. The molecule has 1 amide bonds. The van der Waals surface area contributed by atoms with Gasteiger partial charge in [-0.05, 0) is 24.3 Å². The molecule has 0 aromatic heterocycles. The number of carbonyl (C=O) groups is 1. The maximum atomic E-state index is 12.1. The van der Waals surface area contributed by atoms with Crippen LogP contribution in [0.25, 0.3) is 0 Å². The maximum Gasteiger partial charge on any atom is 0.253 e. The van der Waals surface area contributed by atoms with Crippen LogP contribution in [-0.2, 0) is 0 Å². The summed E-state index contributed by atoms with van der Waals surface area (Å²) >= 11 is 0. The van der Waals surface area contributed by atoms with Gasteiger partial charge < -0.3 is 10.6 Å². The average molecular weight is 256 g/mol. The maximum absolute atomic E-state index is 12.1. The summed E-state index contributed by atoms with van der Waals surface area (Å²) in [6.45, 7) is 0.789. The van der Waals surface area contributed by atoms with Gasteiger partial charge in [0.05, 0.1) is 11.5 Å². The minimum atomic E-state index is -2.45. The molecule has 5 nitrogen and oxygen atoms in total. The number of anilines is 1. The van der Waals surface area contributed by atoms with Gasteiger partial charge in [-0.2, -0.15) is 10.6 Å². The molecule has 94 valence electrons. The molecule has 0 aliphatic carbocycles. The second-order valence-corrected chi connectivity index (χ2v) is 6.55. The first kappa shape index (κ1) is 12.2. The van der Waals surface area contributed by atoms with Gasteiger partial charge in [0, 0.05) is 24.3 Å². The Morgan fingerprint density at radius 1 is 1.18 bits per heavy atom. The quantitative estimate of drug-likeness (QED) is 0.664. The van der Waals surface area contributed by atoms with Crippen molar-refractivity contribution in [2.24, 2.45) is 0 Å². The van der Waals surface area contributed by atoms with E-state index in [4.69, 9.17) is 5.73 Å². The Morgan fingerprint density at radius 3 is 2.24 bits per heavy atom. The first-order valence-electron chi connectivity index (χ1n) is 5.36. The predicted octanol–water partition coefficient (Wildman–Crippen LogP) is 1.48. The highest BCUT2D eigenvalue weighted by atomic mass is 32.3. The molecule has 6 heteroatoms. The molecule has 1 aromatic carbocycles. The monoisotopic (exact) mass is 256 g/mol. The van der Waals surface area contributed by atoms with E-state index in [-0.39, 0.29) is 17.4 Å². The number of nitrogens with zero attached hydrogens (tertiary/aromatic N) is 1. The van der Waals surface area contributed by atoms with Crippen LogP contribution in [0.1, 0.15) is 10.4 Å². The second-order valence-electron chi connectivity index (χ2n) is 4.12. The minimum Gasteiger partial charge on any atom is -0.399 e. The van der Waals surface area contributed by atoms with Gasteiger partial charge in [-0.1, -0.05) is 0 Å². The zero-order chi connectivity index (χ0) is 12.5. The van der Waals surface area contributed by atoms with E-state index in [1.165, 1.54) is 0 Å². The molecule has 1 heterocycles. The molecule has 1 fully saturated rings. The zero-order valence-corrected chi connectivity index (χ0v) is 10.2. The van der Waals surface area contributed by atoms with Gasteiger partial charge >= 0.3 is 0 Å². The fourth-order valence-corrected chi connectivity index (χ4v) is 2.97. The fourth-order valence-electron chi connectivity index (χ4n) is 1.74. The van der Waals surface area contributed by atoms with E-state index in [1.807, 2.05) is 0 Å². The van der Waals surface area contributed by atoms with Crippen molar-refractivity contribution in [1.29, 1.82) is 0 Å². The van der Waals surface area contributed by atoms with Crippen LogP contribution in [0.2, 0.25) is 0 Å². The van der Waals surface area contributed by atoms with Crippen LogP contribution in [-0.4, -0.2) is 44.5 Å². The van der Waals surface area contributed by atoms with E-state index in [0.29, 0.717) is 24.3 Å². The third-order valence-electron chi connectivity index (χ3n) is 2.82. The lowest BCUT2D eigenvalue weighted by Crippen LogP contribution is -2.42. The van der Waals surface area contributed by atoms with Crippen LogP contribution in [0.15, 0.2) is 24.3 Å². The van der Waals surface area contributed by atoms with Crippen molar-refractivity contribution >= 4 is 22.2 Å². The summed E-state index contributed by atoms with van der Waals surface area (Å²) < 4.78 is 18.9. The molecule has 0 atom stereocenters. The first-order chi connectivity index (χ1) is 7.98. The Morgan fingerprint density at radius 2 is 1.71 bits per heavy atom. The molecule has 0 saturated carbocycles. The number of nitrogens with two attached hydrogens (primary N) is 1. The summed E-state index contributed by atoms with van der Waals surface area (Å²) in [5, 5.41) is 0. The first-order valence-corrected chi connectivity index (χ1v) is 7.25.